The molecular weight excluding hydrogens is 384 g/mol. The summed E-state index contributed by atoms with van der Waals surface area (Å²) in [5.74, 6) is 0. The minimum Gasteiger partial charge on any atom is -0.388 e. The van der Waals surface area contributed by atoms with Crippen molar-refractivity contribution < 1.29 is 5.11 Å². The molecule has 4 aromatic rings. The van der Waals surface area contributed by atoms with Gasteiger partial charge in [0.05, 0.1) is 6.10 Å². The first-order valence-corrected chi connectivity index (χ1v) is 11.6. The van der Waals surface area contributed by atoms with Gasteiger partial charge < -0.3 is 10.0 Å². The first-order chi connectivity index (χ1) is 13.8. The SMILES string of the molecule is OC(CCN1CCN(c2ccc3sccc3c2)CC1)c1csc2ccccc12. The van der Waals surface area contributed by atoms with Gasteiger partial charge in [-0.25, -0.2) is 0 Å². The molecule has 2 aromatic carbocycles. The van der Waals surface area contributed by atoms with Crippen LogP contribution in [0.25, 0.3) is 20.2 Å². The highest BCUT2D eigenvalue weighted by atomic mass is 32.1. The van der Waals surface area contributed by atoms with Crippen LogP contribution in [0.15, 0.2) is 59.3 Å². The van der Waals surface area contributed by atoms with Crippen molar-refractivity contribution in [2.24, 2.45) is 0 Å². The summed E-state index contributed by atoms with van der Waals surface area (Å²) in [7, 11) is 0. The Morgan fingerprint density at radius 2 is 1.79 bits per heavy atom. The fraction of sp³-hybridized carbons (Fsp3) is 0.304. The molecule has 0 amide bonds. The van der Waals surface area contributed by atoms with Crippen LogP contribution in [0.1, 0.15) is 18.1 Å². The number of thiophene rings is 2. The predicted octanol–water partition coefficient (Wildman–Crippen LogP) is 5.36. The van der Waals surface area contributed by atoms with Crippen molar-refractivity contribution in [2.75, 3.05) is 37.6 Å². The average molecular weight is 409 g/mol. The monoisotopic (exact) mass is 408 g/mol. The van der Waals surface area contributed by atoms with Crippen LogP contribution in [0.5, 0.6) is 0 Å². The highest BCUT2D eigenvalue weighted by molar-refractivity contribution is 7.17. The normalized spacial score (nSPS) is 16.8. The second kappa shape index (κ2) is 7.84. The van der Waals surface area contributed by atoms with E-state index in [-0.39, 0.29) is 6.10 Å². The quantitative estimate of drug-likeness (QED) is 0.481. The average Bonchev–Trinajstić information content (AvgIpc) is 3.38. The van der Waals surface area contributed by atoms with Gasteiger partial charge >= 0.3 is 0 Å². The Morgan fingerprint density at radius 1 is 0.929 bits per heavy atom. The molecule has 144 valence electrons. The molecular formula is C23H24N2OS2. The summed E-state index contributed by atoms with van der Waals surface area (Å²) in [6, 6.07) is 17.4. The second-order valence-electron chi connectivity index (χ2n) is 7.46. The first kappa shape index (κ1) is 18.1. The summed E-state index contributed by atoms with van der Waals surface area (Å²) < 4.78 is 2.62. The minimum absolute atomic E-state index is 0.379. The Balaban J connectivity index is 1.17. The van der Waals surface area contributed by atoms with E-state index in [1.165, 1.54) is 25.9 Å². The van der Waals surface area contributed by atoms with Crippen LogP contribution in [0.3, 0.4) is 0 Å². The molecule has 5 rings (SSSR count). The molecule has 1 aliphatic rings. The van der Waals surface area contributed by atoms with Crippen LogP contribution in [-0.4, -0.2) is 42.7 Å². The largest absolute Gasteiger partial charge is 0.388 e. The van der Waals surface area contributed by atoms with Crippen LogP contribution < -0.4 is 4.90 Å². The third kappa shape index (κ3) is 3.55. The van der Waals surface area contributed by atoms with E-state index >= 15 is 0 Å². The van der Waals surface area contributed by atoms with Crippen LogP contribution in [0.2, 0.25) is 0 Å². The molecule has 0 bridgehead atoms. The molecule has 1 unspecified atom stereocenters. The van der Waals surface area contributed by atoms with E-state index < -0.39 is 0 Å². The summed E-state index contributed by atoms with van der Waals surface area (Å²) >= 11 is 3.53. The molecule has 3 nitrogen and oxygen atoms in total. The number of hydrogen-bond acceptors (Lipinski definition) is 5. The van der Waals surface area contributed by atoms with Gasteiger partial charge in [-0.05, 0) is 63.8 Å². The molecule has 0 saturated carbocycles. The van der Waals surface area contributed by atoms with Crippen molar-refractivity contribution >= 4 is 48.5 Å². The molecule has 2 aromatic heterocycles. The van der Waals surface area contributed by atoms with Crippen LogP contribution >= 0.6 is 22.7 Å². The number of aliphatic hydroxyl groups is 1. The van der Waals surface area contributed by atoms with Gasteiger partial charge in [0.2, 0.25) is 0 Å². The zero-order chi connectivity index (χ0) is 18.9. The number of piperazine rings is 1. The molecule has 28 heavy (non-hydrogen) atoms. The molecule has 5 heteroatoms. The van der Waals surface area contributed by atoms with Crippen LogP contribution in [0.4, 0.5) is 5.69 Å². The lowest BCUT2D eigenvalue weighted by Gasteiger charge is -2.36. The van der Waals surface area contributed by atoms with E-state index in [0.29, 0.717) is 0 Å². The molecule has 1 N–H and O–H groups in total. The number of hydrogen-bond donors (Lipinski definition) is 1. The predicted molar refractivity (Wildman–Crippen MR) is 122 cm³/mol. The molecule has 0 radical (unpaired) electrons. The van der Waals surface area contributed by atoms with Gasteiger partial charge in [0.15, 0.2) is 0 Å². The van der Waals surface area contributed by atoms with Gasteiger partial charge in [-0.3, -0.25) is 4.90 Å². The number of aliphatic hydroxyl groups excluding tert-OH is 1. The van der Waals surface area contributed by atoms with Gasteiger partial charge in [-0.2, -0.15) is 0 Å². The number of fused-ring (bicyclic) bond motifs is 2. The van der Waals surface area contributed by atoms with Gasteiger partial charge in [-0.1, -0.05) is 18.2 Å². The molecule has 1 atom stereocenters. The third-order valence-electron chi connectivity index (χ3n) is 5.76. The lowest BCUT2D eigenvalue weighted by molar-refractivity contribution is 0.141. The molecule has 0 spiro atoms. The summed E-state index contributed by atoms with van der Waals surface area (Å²) in [5.41, 5.74) is 2.42. The fourth-order valence-electron chi connectivity index (χ4n) is 4.10. The lowest BCUT2D eigenvalue weighted by Crippen LogP contribution is -2.46. The smallest absolute Gasteiger partial charge is 0.0816 e. The summed E-state index contributed by atoms with van der Waals surface area (Å²) in [6.45, 7) is 5.15. The maximum Gasteiger partial charge on any atom is 0.0816 e. The van der Waals surface area contributed by atoms with Crippen molar-refractivity contribution in [1.29, 1.82) is 0 Å². The van der Waals surface area contributed by atoms with E-state index in [0.717, 1.165) is 44.7 Å². The number of anilines is 1. The van der Waals surface area contributed by atoms with E-state index in [2.05, 4.69) is 69.1 Å². The Morgan fingerprint density at radius 3 is 2.68 bits per heavy atom. The van der Waals surface area contributed by atoms with E-state index in [1.54, 1.807) is 22.7 Å². The standard InChI is InChI=1S/C23H24N2OS2/c26-21(20-16-28-23-4-2-1-3-19(20)23)7-9-24-10-12-25(13-11-24)18-5-6-22-17(15-18)8-14-27-22/h1-6,8,14-16,21,26H,7,9-13H2. The molecule has 1 aliphatic heterocycles. The summed E-state index contributed by atoms with van der Waals surface area (Å²) in [4.78, 5) is 4.97. The van der Waals surface area contributed by atoms with E-state index in [9.17, 15) is 5.11 Å². The highest BCUT2D eigenvalue weighted by Crippen LogP contribution is 2.32. The second-order valence-corrected chi connectivity index (χ2v) is 9.32. The van der Waals surface area contributed by atoms with Crippen molar-refractivity contribution in [3.63, 3.8) is 0 Å². The topological polar surface area (TPSA) is 26.7 Å². The number of benzene rings is 2. The van der Waals surface area contributed by atoms with Gasteiger partial charge in [0, 0.05) is 47.8 Å². The first-order valence-electron chi connectivity index (χ1n) is 9.87. The number of rotatable bonds is 5. The van der Waals surface area contributed by atoms with Gasteiger partial charge in [0.25, 0.3) is 0 Å². The summed E-state index contributed by atoms with van der Waals surface area (Å²) in [5, 5.41) is 17.5. The van der Waals surface area contributed by atoms with Crippen molar-refractivity contribution in [1.82, 2.24) is 4.90 Å². The Hall–Kier alpha value is -1.92. The fourth-order valence-corrected chi connectivity index (χ4v) is 5.88. The number of nitrogens with zero attached hydrogens (tertiary/aromatic N) is 2. The van der Waals surface area contributed by atoms with E-state index in [4.69, 9.17) is 0 Å². The van der Waals surface area contributed by atoms with E-state index in [1.807, 2.05) is 0 Å². The van der Waals surface area contributed by atoms with Crippen molar-refractivity contribution in [2.45, 2.75) is 12.5 Å². The van der Waals surface area contributed by atoms with Gasteiger partial charge in [0.1, 0.15) is 0 Å². The zero-order valence-electron chi connectivity index (χ0n) is 15.8. The Labute approximate surface area is 173 Å². The van der Waals surface area contributed by atoms with Crippen molar-refractivity contribution in [3.05, 3.63) is 64.9 Å². The van der Waals surface area contributed by atoms with Crippen LogP contribution in [0, 0.1) is 0 Å². The van der Waals surface area contributed by atoms with Crippen molar-refractivity contribution in [3.8, 4) is 0 Å². The third-order valence-corrected chi connectivity index (χ3v) is 7.64. The lowest BCUT2D eigenvalue weighted by atomic mass is 10.1. The maximum absolute atomic E-state index is 10.7. The molecule has 1 saturated heterocycles. The molecule has 0 aliphatic carbocycles. The minimum atomic E-state index is -0.379. The molecule has 3 heterocycles. The molecule has 1 fully saturated rings. The van der Waals surface area contributed by atoms with Crippen LogP contribution in [-0.2, 0) is 0 Å². The Bertz CT molecular complexity index is 1080. The van der Waals surface area contributed by atoms with Gasteiger partial charge in [-0.15, -0.1) is 22.7 Å². The zero-order valence-corrected chi connectivity index (χ0v) is 17.4. The highest BCUT2D eigenvalue weighted by Gasteiger charge is 2.19. The maximum atomic E-state index is 10.7. The summed E-state index contributed by atoms with van der Waals surface area (Å²) in [6.07, 6.45) is 0.414. The Kier molecular flexibility index (Phi) is 5.07.